The van der Waals surface area contributed by atoms with Gasteiger partial charge in [0.15, 0.2) is 0 Å². The van der Waals surface area contributed by atoms with Gasteiger partial charge in [-0.1, -0.05) is 18.2 Å². The van der Waals surface area contributed by atoms with Gasteiger partial charge >= 0.3 is 0 Å². The van der Waals surface area contributed by atoms with E-state index in [1.54, 1.807) is 7.11 Å². The number of methoxy groups -OCH3 is 1. The third kappa shape index (κ3) is 3.13. The molecule has 0 saturated carbocycles. The van der Waals surface area contributed by atoms with Crippen LogP contribution >= 0.6 is 0 Å². The maximum Gasteiger partial charge on any atom is 0.137 e. The van der Waals surface area contributed by atoms with Crippen molar-refractivity contribution in [2.24, 2.45) is 0 Å². The number of β-amino-alcohol motifs (C(OH)–C–C–N with tert-alkyl or cyclic N) is 1. The van der Waals surface area contributed by atoms with Crippen LogP contribution in [0.2, 0.25) is 0 Å². The van der Waals surface area contributed by atoms with Crippen LogP contribution in [0, 0.1) is 6.92 Å². The number of hydrogen-bond acceptors (Lipinski definition) is 4. The summed E-state index contributed by atoms with van der Waals surface area (Å²) in [6.07, 6.45) is 2.52. The lowest BCUT2D eigenvalue weighted by molar-refractivity contribution is 0.172. The summed E-state index contributed by atoms with van der Waals surface area (Å²) in [5, 5.41) is 10.2. The summed E-state index contributed by atoms with van der Waals surface area (Å²) in [5.41, 5.74) is 4.34. The van der Waals surface area contributed by atoms with Gasteiger partial charge in [-0.05, 0) is 43.2 Å². The number of aliphatic hydroxyl groups excluding tert-OH is 1. The van der Waals surface area contributed by atoms with Crippen LogP contribution in [-0.4, -0.2) is 39.1 Å². The van der Waals surface area contributed by atoms with Gasteiger partial charge in [-0.3, -0.25) is 4.90 Å². The maximum atomic E-state index is 10.2. The fourth-order valence-electron chi connectivity index (χ4n) is 3.73. The SMILES string of the molecule is COc1cccc(C2CC(O)CN2Cc2cn3c(C)cccc3n2)c1. The van der Waals surface area contributed by atoms with Crippen molar-refractivity contribution in [1.29, 1.82) is 0 Å². The molecule has 0 radical (unpaired) electrons. The van der Waals surface area contributed by atoms with E-state index in [0.29, 0.717) is 6.54 Å². The fraction of sp³-hybridized carbons (Fsp3) is 0.350. The van der Waals surface area contributed by atoms with Crippen molar-refractivity contribution in [2.75, 3.05) is 13.7 Å². The highest BCUT2D eigenvalue weighted by Crippen LogP contribution is 2.34. The molecule has 3 heterocycles. The van der Waals surface area contributed by atoms with E-state index in [4.69, 9.17) is 9.72 Å². The molecule has 0 amide bonds. The quantitative estimate of drug-likeness (QED) is 0.795. The molecule has 1 fully saturated rings. The predicted octanol–water partition coefficient (Wildman–Crippen LogP) is 2.96. The second-order valence-electron chi connectivity index (χ2n) is 6.74. The van der Waals surface area contributed by atoms with Crippen LogP contribution < -0.4 is 4.74 Å². The van der Waals surface area contributed by atoms with E-state index < -0.39 is 0 Å². The number of pyridine rings is 1. The monoisotopic (exact) mass is 337 g/mol. The number of ether oxygens (including phenoxy) is 1. The van der Waals surface area contributed by atoms with Crippen molar-refractivity contribution in [3.05, 3.63) is 65.6 Å². The molecule has 4 rings (SSSR count). The first kappa shape index (κ1) is 16.1. The minimum Gasteiger partial charge on any atom is -0.497 e. The Kier molecular flexibility index (Phi) is 4.19. The molecule has 130 valence electrons. The van der Waals surface area contributed by atoms with Gasteiger partial charge < -0.3 is 14.2 Å². The molecule has 1 saturated heterocycles. The molecule has 1 aliphatic rings. The van der Waals surface area contributed by atoms with Gasteiger partial charge in [0, 0.05) is 31.0 Å². The van der Waals surface area contributed by atoms with E-state index in [0.717, 1.165) is 30.1 Å². The first-order valence-corrected chi connectivity index (χ1v) is 8.63. The first-order valence-electron chi connectivity index (χ1n) is 8.63. The largest absolute Gasteiger partial charge is 0.497 e. The second kappa shape index (κ2) is 6.50. The molecule has 2 aromatic heterocycles. The molecular formula is C20H23N3O2. The van der Waals surface area contributed by atoms with Crippen molar-refractivity contribution >= 4 is 5.65 Å². The number of aryl methyl sites for hydroxylation is 1. The molecule has 1 aromatic carbocycles. The van der Waals surface area contributed by atoms with Crippen molar-refractivity contribution in [1.82, 2.24) is 14.3 Å². The topological polar surface area (TPSA) is 50.0 Å². The Hall–Kier alpha value is -2.37. The zero-order valence-electron chi connectivity index (χ0n) is 14.6. The highest BCUT2D eigenvalue weighted by Gasteiger charge is 2.32. The van der Waals surface area contributed by atoms with Gasteiger partial charge in [-0.25, -0.2) is 4.98 Å². The zero-order chi connectivity index (χ0) is 17.4. The fourth-order valence-corrected chi connectivity index (χ4v) is 3.73. The van der Waals surface area contributed by atoms with Crippen molar-refractivity contribution < 1.29 is 9.84 Å². The molecular weight excluding hydrogens is 314 g/mol. The van der Waals surface area contributed by atoms with Gasteiger partial charge in [-0.2, -0.15) is 0 Å². The molecule has 2 unspecified atom stereocenters. The van der Waals surface area contributed by atoms with Crippen LogP contribution in [0.15, 0.2) is 48.7 Å². The molecule has 1 N–H and O–H groups in total. The van der Waals surface area contributed by atoms with Crippen LogP contribution in [-0.2, 0) is 6.54 Å². The summed E-state index contributed by atoms with van der Waals surface area (Å²) in [6.45, 7) is 3.46. The first-order chi connectivity index (χ1) is 12.1. The zero-order valence-corrected chi connectivity index (χ0v) is 14.6. The van der Waals surface area contributed by atoms with Crippen LogP contribution in [0.5, 0.6) is 5.75 Å². The Bertz CT molecular complexity index is 890. The minimum absolute atomic E-state index is 0.177. The lowest BCUT2D eigenvalue weighted by Gasteiger charge is -2.23. The van der Waals surface area contributed by atoms with Gasteiger partial charge in [0.1, 0.15) is 11.4 Å². The highest BCUT2D eigenvalue weighted by atomic mass is 16.5. The van der Waals surface area contributed by atoms with E-state index >= 15 is 0 Å². The van der Waals surface area contributed by atoms with Crippen molar-refractivity contribution in [3.63, 3.8) is 0 Å². The summed E-state index contributed by atoms with van der Waals surface area (Å²) < 4.78 is 7.46. The Labute approximate surface area is 147 Å². The molecule has 3 aromatic rings. The molecule has 5 heteroatoms. The Morgan fingerprint density at radius 2 is 2.08 bits per heavy atom. The Morgan fingerprint density at radius 1 is 1.24 bits per heavy atom. The Morgan fingerprint density at radius 3 is 2.88 bits per heavy atom. The summed E-state index contributed by atoms with van der Waals surface area (Å²) in [5.74, 6) is 0.849. The molecule has 0 spiro atoms. The van der Waals surface area contributed by atoms with Crippen LogP contribution in [0.1, 0.15) is 29.4 Å². The van der Waals surface area contributed by atoms with E-state index in [1.165, 1.54) is 11.3 Å². The highest BCUT2D eigenvalue weighted by molar-refractivity contribution is 5.41. The standard InChI is InChI=1S/C20H23N3O2/c1-14-5-3-8-20-21-16(12-23(14)20)11-22-13-17(24)10-19(22)15-6-4-7-18(9-15)25-2/h3-9,12,17,19,24H,10-11,13H2,1-2H3. The molecule has 1 aliphatic heterocycles. The number of imidazole rings is 1. The van der Waals surface area contributed by atoms with Gasteiger partial charge in [0.2, 0.25) is 0 Å². The number of nitrogens with zero attached hydrogens (tertiary/aromatic N) is 3. The smallest absolute Gasteiger partial charge is 0.137 e. The average Bonchev–Trinajstić information content (AvgIpc) is 3.19. The number of hydrogen-bond donors (Lipinski definition) is 1. The lowest BCUT2D eigenvalue weighted by Crippen LogP contribution is -2.24. The number of rotatable bonds is 4. The molecule has 5 nitrogen and oxygen atoms in total. The number of benzene rings is 1. The maximum absolute atomic E-state index is 10.2. The van der Waals surface area contributed by atoms with E-state index in [9.17, 15) is 5.11 Å². The average molecular weight is 337 g/mol. The minimum atomic E-state index is -0.310. The summed E-state index contributed by atoms with van der Waals surface area (Å²) in [6, 6.07) is 14.4. The third-order valence-electron chi connectivity index (χ3n) is 4.97. The number of aliphatic hydroxyl groups is 1. The van der Waals surface area contributed by atoms with Crippen molar-refractivity contribution in [3.8, 4) is 5.75 Å². The van der Waals surface area contributed by atoms with Gasteiger partial charge in [-0.15, -0.1) is 0 Å². The normalized spacial score (nSPS) is 21.1. The van der Waals surface area contributed by atoms with Crippen molar-refractivity contribution in [2.45, 2.75) is 32.0 Å². The second-order valence-corrected chi connectivity index (χ2v) is 6.74. The van der Waals surface area contributed by atoms with Crippen LogP contribution in [0.25, 0.3) is 5.65 Å². The predicted molar refractivity (Wildman–Crippen MR) is 96.7 cm³/mol. The molecule has 2 atom stereocenters. The van der Waals surface area contributed by atoms with Crippen LogP contribution in [0.3, 0.4) is 0 Å². The Balaban J connectivity index is 1.61. The molecule has 0 aliphatic carbocycles. The van der Waals surface area contributed by atoms with Gasteiger partial charge in [0.25, 0.3) is 0 Å². The van der Waals surface area contributed by atoms with E-state index in [1.807, 2.05) is 24.3 Å². The molecule has 0 bridgehead atoms. The summed E-state index contributed by atoms with van der Waals surface area (Å²) >= 11 is 0. The number of aromatic nitrogens is 2. The summed E-state index contributed by atoms with van der Waals surface area (Å²) in [7, 11) is 1.68. The third-order valence-corrected chi connectivity index (χ3v) is 4.97. The lowest BCUT2D eigenvalue weighted by atomic mass is 10.0. The summed E-state index contributed by atoms with van der Waals surface area (Å²) in [4.78, 5) is 7.04. The van der Waals surface area contributed by atoms with Gasteiger partial charge in [0.05, 0.1) is 18.9 Å². The van der Waals surface area contributed by atoms with Crippen LogP contribution in [0.4, 0.5) is 0 Å². The molecule has 25 heavy (non-hydrogen) atoms. The van der Waals surface area contributed by atoms with E-state index in [2.05, 4.69) is 40.6 Å². The number of likely N-dealkylation sites (tertiary alicyclic amines) is 1. The number of fused-ring (bicyclic) bond motifs is 1. The van der Waals surface area contributed by atoms with E-state index in [-0.39, 0.29) is 12.1 Å².